The second-order valence-electron chi connectivity index (χ2n) is 8.20. The number of benzene rings is 3. The standard InChI is InChI=1S/C27H23NO5/c1-15-6-5-7-18(12-15)28-24(17-9-11-21(31-3)22(14-17)32-4)23-25(29)19-13-16(2)8-10-20(19)33-26(23)27(28)30/h5-14,24H,1-4H3. The summed E-state index contributed by atoms with van der Waals surface area (Å²) in [5, 5.41) is 0.457. The lowest BCUT2D eigenvalue weighted by atomic mass is 9.97. The molecule has 5 rings (SSSR count). The number of amides is 1. The van der Waals surface area contributed by atoms with E-state index in [1.165, 1.54) is 0 Å². The Kier molecular flexibility index (Phi) is 4.93. The van der Waals surface area contributed by atoms with Gasteiger partial charge in [-0.1, -0.05) is 29.8 Å². The first-order chi connectivity index (χ1) is 15.9. The summed E-state index contributed by atoms with van der Waals surface area (Å²) < 4.78 is 16.9. The van der Waals surface area contributed by atoms with Gasteiger partial charge in [-0.25, -0.2) is 0 Å². The number of fused-ring (bicyclic) bond motifs is 2. The van der Waals surface area contributed by atoms with Gasteiger partial charge in [0.2, 0.25) is 5.76 Å². The minimum Gasteiger partial charge on any atom is -0.493 e. The van der Waals surface area contributed by atoms with Crippen LogP contribution in [0.5, 0.6) is 11.5 Å². The highest BCUT2D eigenvalue weighted by molar-refractivity contribution is 6.10. The van der Waals surface area contributed by atoms with Crippen molar-refractivity contribution in [3.05, 3.63) is 98.9 Å². The number of carbonyl (C=O) groups is 1. The van der Waals surface area contributed by atoms with Gasteiger partial charge in [-0.2, -0.15) is 0 Å². The van der Waals surface area contributed by atoms with E-state index in [1.807, 2.05) is 50.2 Å². The first-order valence-corrected chi connectivity index (χ1v) is 10.6. The van der Waals surface area contributed by atoms with Crippen LogP contribution >= 0.6 is 0 Å². The molecular formula is C27H23NO5. The normalized spacial score (nSPS) is 15.1. The Hall–Kier alpha value is -4.06. The summed E-state index contributed by atoms with van der Waals surface area (Å²) in [6.07, 6.45) is 0. The van der Waals surface area contributed by atoms with E-state index in [2.05, 4.69) is 0 Å². The molecule has 0 saturated heterocycles. The van der Waals surface area contributed by atoms with Crippen LogP contribution in [0.15, 0.2) is 69.9 Å². The first-order valence-electron chi connectivity index (χ1n) is 10.6. The Bertz CT molecular complexity index is 1470. The van der Waals surface area contributed by atoms with Gasteiger partial charge in [-0.3, -0.25) is 14.5 Å². The van der Waals surface area contributed by atoms with Crippen LogP contribution in [0, 0.1) is 13.8 Å². The summed E-state index contributed by atoms with van der Waals surface area (Å²) in [7, 11) is 3.12. The second kappa shape index (κ2) is 7.81. The number of hydrogen-bond acceptors (Lipinski definition) is 5. The van der Waals surface area contributed by atoms with Gasteiger partial charge in [0.05, 0.1) is 31.2 Å². The molecular weight excluding hydrogens is 418 g/mol. The molecule has 6 heteroatoms. The Labute approximate surface area is 191 Å². The van der Waals surface area contributed by atoms with Crippen molar-refractivity contribution in [1.82, 2.24) is 0 Å². The van der Waals surface area contributed by atoms with Gasteiger partial charge in [0, 0.05) is 5.69 Å². The molecule has 0 fully saturated rings. The van der Waals surface area contributed by atoms with E-state index >= 15 is 0 Å². The molecule has 4 aromatic rings. The molecule has 33 heavy (non-hydrogen) atoms. The maximum Gasteiger partial charge on any atom is 0.295 e. The van der Waals surface area contributed by atoms with Crippen molar-refractivity contribution in [2.45, 2.75) is 19.9 Å². The molecule has 6 nitrogen and oxygen atoms in total. The van der Waals surface area contributed by atoms with Crippen molar-refractivity contribution in [3.8, 4) is 11.5 Å². The molecule has 2 heterocycles. The van der Waals surface area contributed by atoms with Crippen molar-refractivity contribution in [3.63, 3.8) is 0 Å². The summed E-state index contributed by atoms with van der Waals surface area (Å²) in [6, 6.07) is 17.8. The van der Waals surface area contributed by atoms with Crippen molar-refractivity contribution in [2.75, 3.05) is 19.1 Å². The summed E-state index contributed by atoms with van der Waals surface area (Å²) in [5.41, 5.74) is 3.87. The van der Waals surface area contributed by atoms with Crippen molar-refractivity contribution in [1.29, 1.82) is 0 Å². The largest absolute Gasteiger partial charge is 0.493 e. The number of rotatable bonds is 4. The first kappa shape index (κ1) is 20.8. The van der Waals surface area contributed by atoms with Gasteiger partial charge in [0.1, 0.15) is 5.58 Å². The molecule has 0 bridgehead atoms. The SMILES string of the molecule is COc1ccc(C2c3c(oc4ccc(C)cc4c3=O)C(=O)N2c2cccc(C)c2)cc1OC. The molecule has 0 saturated carbocycles. The predicted molar refractivity (Wildman–Crippen MR) is 127 cm³/mol. The van der Waals surface area contributed by atoms with Crippen LogP contribution in [0.4, 0.5) is 5.69 Å². The number of nitrogens with zero attached hydrogens (tertiary/aromatic N) is 1. The lowest BCUT2D eigenvalue weighted by Gasteiger charge is -2.26. The number of anilines is 1. The average molecular weight is 441 g/mol. The van der Waals surface area contributed by atoms with Crippen molar-refractivity contribution < 1.29 is 18.7 Å². The zero-order valence-corrected chi connectivity index (χ0v) is 18.8. The molecule has 0 radical (unpaired) electrons. The molecule has 1 aromatic heterocycles. The molecule has 1 unspecified atom stereocenters. The number of hydrogen-bond donors (Lipinski definition) is 0. The van der Waals surface area contributed by atoms with Gasteiger partial charge in [0.15, 0.2) is 16.9 Å². The molecule has 0 aliphatic carbocycles. The highest BCUT2D eigenvalue weighted by Crippen LogP contribution is 2.43. The second-order valence-corrected chi connectivity index (χ2v) is 8.20. The van der Waals surface area contributed by atoms with Gasteiger partial charge >= 0.3 is 0 Å². The summed E-state index contributed by atoms with van der Waals surface area (Å²) in [4.78, 5) is 29.0. The monoisotopic (exact) mass is 441 g/mol. The maximum absolute atomic E-state index is 13.7. The van der Waals surface area contributed by atoms with Gasteiger partial charge in [-0.15, -0.1) is 0 Å². The highest BCUT2D eigenvalue weighted by Gasteiger charge is 2.44. The van der Waals surface area contributed by atoms with Crippen molar-refractivity contribution >= 4 is 22.6 Å². The number of carbonyl (C=O) groups excluding carboxylic acids is 1. The van der Waals surface area contributed by atoms with Gasteiger partial charge in [-0.05, 0) is 61.4 Å². The lowest BCUT2D eigenvalue weighted by molar-refractivity contribution is 0.0971. The summed E-state index contributed by atoms with van der Waals surface area (Å²) in [6.45, 7) is 3.88. The van der Waals surface area contributed by atoms with Crippen LogP contribution in [0.2, 0.25) is 0 Å². The molecule has 1 aliphatic heterocycles. The van der Waals surface area contributed by atoms with E-state index < -0.39 is 6.04 Å². The number of methoxy groups -OCH3 is 2. The van der Waals surface area contributed by atoms with Crippen LogP contribution in [-0.4, -0.2) is 20.1 Å². The van der Waals surface area contributed by atoms with E-state index in [0.29, 0.717) is 33.7 Å². The van der Waals surface area contributed by atoms with Crippen LogP contribution in [0.3, 0.4) is 0 Å². The third kappa shape index (κ3) is 3.26. The molecule has 0 N–H and O–H groups in total. The average Bonchev–Trinajstić information content (AvgIpc) is 3.11. The van der Waals surface area contributed by atoms with E-state index in [0.717, 1.165) is 16.7 Å². The third-order valence-corrected chi connectivity index (χ3v) is 6.03. The summed E-state index contributed by atoms with van der Waals surface area (Å²) >= 11 is 0. The van der Waals surface area contributed by atoms with E-state index in [4.69, 9.17) is 13.9 Å². The van der Waals surface area contributed by atoms with E-state index in [1.54, 1.807) is 43.4 Å². The maximum atomic E-state index is 13.7. The van der Waals surface area contributed by atoms with E-state index in [-0.39, 0.29) is 17.1 Å². The third-order valence-electron chi connectivity index (χ3n) is 6.03. The Morgan fingerprint density at radius 3 is 2.33 bits per heavy atom. The van der Waals surface area contributed by atoms with Crippen molar-refractivity contribution in [2.24, 2.45) is 0 Å². The molecule has 1 atom stereocenters. The zero-order valence-electron chi connectivity index (χ0n) is 18.8. The molecule has 1 amide bonds. The number of ether oxygens (including phenoxy) is 2. The fourth-order valence-corrected chi connectivity index (χ4v) is 4.47. The quantitative estimate of drug-likeness (QED) is 0.437. The Morgan fingerprint density at radius 1 is 0.848 bits per heavy atom. The van der Waals surface area contributed by atoms with Crippen LogP contribution in [-0.2, 0) is 0 Å². The molecule has 1 aliphatic rings. The van der Waals surface area contributed by atoms with Gasteiger partial charge in [0.25, 0.3) is 5.91 Å². The minimum absolute atomic E-state index is 0.0673. The predicted octanol–water partition coefficient (Wildman–Crippen LogP) is 5.18. The lowest BCUT2D eigenvalue weighted by Crippen LogP contribution is -2.29. The fraction of sp³-hybridized carbons (Fsp3) is 0.185. The van der Waals surface area contributed by atoms with Gasteiger partial charge < -0.3 is 13.9 Å². The van der Waals surface area contributed by atoms with Crippen LogP contribution in [0.25, 0.3) is 11.0 Å². The Balaban J connectivity index is 1.82. The topological polar surface area (TPSA) is 69.0 Å². The molecule has 3 aromatic carbocycles. The Morgan fingerprint density at radius 2 is 1.61 bits per heavy atom. The number of aryl methyl sites for hydroxylation is 2. The molecule has 0 spiro atoms. The summed E-state index contributed by atoms with van der Waals surface area (Å²) in [5.74, 6) is 0.794. The zero-order chi connectivity index (χ0) is 23.3. The molecule has 166 valence electrons. The van der Waals surface area contributed by atoms with Crippen LogP contribution in [0.1, 0.15) is 38.9 Å². The minimum atomic E-state index is -0.671. The fourth-order valence-electron chi connectivity index (χ4n) is 4.47. The smallest absolute Gasteiger partial charge is 0.295 e. The highest BCUT2D eigenvalue weighted by atomic mass is 16.5. The van der Waals surface area contributed by atoms with E-state index in [9.17, 15) is 9.59 Å². The van der Waals surface area contributed by atoms with Crippen LogP contribution < -0.4 is 19.8 Å².